The van der Waals surface area contributed by atoms with Crippen LogP contribution in [0.5, 0.6) is 0 Å². The molecule has 0 aromatic heterocycles. The van der Waals surface area contributed by atoms with E-state index in [1.54, 1.807) is 0 Å². The predicted molar refractivity (Wildman–Crippen MR) is 68.4 cm³/mol. The van der Waals surface area contributed by atoms with Crippen LogP contribution in [0.25, 0.3) is 0 Å². The molecular formula is C13H18ClNO2. The summed E-state index contributed by atoms with van der Waals surface area (Å²) in [6.07, 6.45) is 2.21. The number of halogens is 1. The second kappa shape index (κ2) is 6.36. The number of aliphatic hydroxyl groups is 1. The Hall–Kier alpha value is -0.610. The molecule has 2 rings (SSSR count). The molecule has 1 atom stereocenters. The molecule has 17 heavy (non-hydrogen) atoms. The summed E-state index contributed by atoms with van der Waals surface area (Å²) in [6.45, 7) is 1.95. The Morgan fingerprint density at radius 2 is 2.29 bits per heavy atom. The third-order valence-electron chi connectivity index (χ3n) is 3.06. The van der Waals surface area contributed by atoms with Gasteiger partial charge in [0.05, 0.1) is 19.8 Å². The van der Waals surface area contributed by atoms with Crippen LogP contribution >= 0.6 is 11.6 Å². The van der Waals surface area contributed by atoms with Crippen molar-refractivity contribution in [3.05, 3.63) is 34.3 Å². The maximum atomic E-state index is 8.58. The van der Waals surface area contributed by atoms with Gasteiger partial charge in [-0.05, 0) is 36.1 Å². The highest BCUT2D eigenvalue weighted by Crippen LogP contribution is 2.32. The van der Waals surface area contributed by atoms with Crippen LogP contribution in [0, 0.1) is 0 Å². The van der Waals surface area contributed by atoms with Gasteiger partial charge in [-0.3, -0.25) is 0 Å². The lowest BCUT2D eigenvalue weighted by Gasteiger charge is -2.14. The summed E-state index contributed by atoms with van der Waals surface area (Å²) in [5, 5.41) is 12.9. The Kier molecular flexibility index (Phi) is 4.80. The van der Waals surface area contributed by atoms with Crippen LogP contribution in [0.2, 0.25) is 5.02 Å². The molecule has 0 spiro atoms. The van der Waals surface area contributed by atoms with E-state index in [9.17, 15) is 0 Å². The van der Waals surface area contributed by atoms with Gasteiger partial charge in [0.15, 0.2) is 0 Å². The van der Waals surface area contributed by atoms with E-state index < -0.39 is 0 Å². The summed E-state index contributed by atoms with van der Waals surface area (Å²) in [6, 6.07) is 6.53. The number of aryl methyl sites for hydroxylation is 1. The number of fused-ring (bicyclic) bond motifs is 1. The highest BCUT2D eigenvalue weighted by Gasteiger charge is 2.21. The van der Waals surface area contributed by atoms with E-state index >= 15 is 0 Å². The standard InChI is InChI=1S/C13H18ClNO2/c14-11-2-3-12-10(9-11)1-4-13(12)15-5-7-17-8-6-16/h2-3,9,13,15-16H,1,4-8H2. The van der Waals surface area contributed by atoms with Crippen LogP contribution in [-0.4, -0.2) is 31.5 Å². The lowest BCUT2D eigenvalue weighted by Crippen LogP contribution is -2.24. The van der Waals surface area contributed by atoms with Crippen molar-refractivity contribution in [3.8, 4) is 0 Å². The summed E-state index contributed by atoms with van der Waals surface area (Å²) < 4.78 is 5.22. The zero-order chi connectivity index (χ0) is 12.1. The molecule has 4 heteroatoms. The summed E-state index contributed by atoms with van der Waals surface area (Å²) in [5.74, 6) is 0. The van der Waals surface area contributed by atoms with Gasteiger partial charge in [-0.25, -0.2) is 0 Å². The van der Waals surface area contributed by atoms with Gasteiger partial charge >= 0.3 is 0 Å². The Bertz CT molecular complexity index is 370. The Balaban J connectivity index is 1.81. The maximum absolute atomic E-state index is 8.58. The molecule has 0 radical (unpaired) electrons. The minimum atomic E-state index is 0.0881. The van der Waals surface area contributed by atoms with Crippen molar-refractivity contribution in [1.82, 2.24) is 5.32 Å². The fourth-order valence-electron chi connectivity index (χ4n) is 2.27. The van der Waals surface area contributed by atoms with Crippen molar-refractivity contribution in [1.29, 1.82) is 0 Å². The molecule has 0 bridgehead atoms. The molecule has 3 nitrogen and oxygen atoms in total. The van der Waals surface area contributed by atoms with E-state index in [2.05, 4.69) is 17.4 Å². The van der Waals surface area contributed by atoms with Crippen molar-refractivity contribution < 1.29 is 9.84 Å². The van der Waals surface area contributed by atoms with Crippen LogP contribution in [0.15, 0.2) is 18.2 Å². The molecule has 94 valence electrons. The molecule has 0 amide bonds. The van der Waals surface area contributed by atoms with Gasteiger partial charge < -0.3 is 15.2 Å². The molecule has 0 heterocycles. The van der Waals surface area contributed by atoms with E-state index in [-0.39, 0.29) is 6.61 Å². The van der Waals surface area contributed by atoms with E-state index in [0.717, 1.165) is 24.4 Å². The average Bonchev–Trinajstić information content (AvgIpc) is 2.71. The third-order valence-corrected chi connectivity index (χ3v) is 3.29. The van der Waals surface area contributed by atoms with Crippen LogP contribution < -0.4 is 5.32 Å². The molecule has 1 aromatic carbocycles. The first-order valence-electron chi connectivity index (χ1n) is 6.01. The minimum absolute atomic E-state index is 0.0881. The smallest absolute Gasteiger partial charge is 0.0698 e. The van der Waals surface area contributed by atoms with Crippen LogP contribution in [0.4, 0.5) is 0 Å². The zero-order valence-electron chi connectivity index (χ0n) is 9.79. The second-order valence-corrected chi connectivity index (χ2v) is 4.66. The van der Waals surface area contributed by atoms with Crippen LogP contribution in [0.3, 0.4) is 0 Å². The highest BCUT2D eigenvalue weighted by atomic mass is 35.5. The van der Waals surface area contributed by atoms with Crippen molar-refractivity contribution in [2.45, 2.75) is 18.9 Å². The normalized spacial score (nSPS) is 18.4. The van der Waals surface area contributed by atoms with Crippen molar-refractivity contribution >= 4 is 11.6 Å². The number of nitrogens with one attached hydrogen (secondary N) is 1. The van der Waals surface area contributed by atoms with E-state index in [0.29, 0.717) is 19.3 Å². The average molecular weight is 256 g/mol. The van der Waals surface area contributed by atoms with Crippen LogP contribution in [-0.2, 0) is 11.2 Å². The summed E-state index contributed by atoms with van der Waals surface area (Å²) in [7, 11) is 0. The molecule has 1 unspecified atom stereocenters. The van der Waals surface area contributed by atoms with E-state index in [1.165, 1.54) is 11.1 Å². The van der Waals surface area contributed by atoms with Crippen molar-refractivity contribution in [2.24, 2.45) is 0 Å². The first-order chi connectivity index (χ1) is 8.31. The molecule has 0 fully saturated rings. The van der Waals surface area contributed by atoms with Gasteiger partial charge in [0, 0.05) is 17.6 Å². The fraction of sp³-hybridized carbons (Fsp3) is 0.538. The summed E-state index contributed by atoms with van der Waals surface area (Å²) in [4.78, 5) is 0. The van der Waals surface area contributed by atoms with E-state index in [4.69, 9.17) is 21.4 Å². The largest absolute Gasteiger partial charge is 0.394 e. The van der Waals surface area contributed by atoms with E-state index in [1.807, 2.05) is 6.07 Å². The van der Waals surface area contributed by atoms with Gasteiger partial charge in [-0.15, -0.1) is 0 Å². The molecule has 1 aromatic rings. The maximum Gasteiger partial charge on any atom is 0.0698 e. The number of hydrogen-bond donors (Lipinski definition) is 2. The van der Waals surface area contributed by atoms with Gasteiger partial charge in [0.25, 0.3) is 0 Å². The monoisotopic (exact) mass is 255 g/mol. The van der Waals surface area contributed by atoms with Crippen LogP contribution in [0.1, 0.15) is 23.6 Å². The number of ether oxygens (including phenoxy) is 1. The Morgan fingerprint density at radius 1 is 1.41 bits per heavy atom. The molecular weight excluding hydrogens is 238 g/mol. The fourth-order valence-corrected chi connectivity index (χ4v) is 2.46. The lowest BCUT2D eigenvalue weighted by molar-refractivity contribution is 0.0926. The number of rotatable bonds is 6. The Labute approximate surface area is 107 Å². The second-order valence-electron chi connectivity index (χ2n) is 4.22. The van der Waals surface area contributed by atoms with Crippen molar-refractivity contribution in [2.75, 3.05) is 26.4 Å². The topological polar surface area (TPSA) is 41.5 Å². The molecule has 1 aliphatic rings. The molecule has 1 aliphatic carbocycles. The number of hydrogen-bond acceptors (Lipinski definition) is 3. The molecule has 0 saturated heterocycles. The van der Waals surface area contributed by atoms with Crippen molar-refractivity contribution in [3.63, 3.8) is 0 Å². The first-order valence-corrected chi connectivity index (χ1v) is 6.39. The molecule has 0 aliphatic heterocycles. The highest BCUT2D eigenvalue weighted by molar-refractivity contribution is 6.30. The van der Waals surface area contributed by atoms with Gasteiger partial charge in [0.2, 0.25) is 0 Å². The molecule has 2 N–H and O–H groups in total. The molecule has 0 saturated carbocycles. The minimum Gasteiger partial charge on any atom is -0.394 e. The predicted octanol–water partition coefficient (Wildman–Crippen LogP) is 1.93. The number of aliphatic hydroxyl groups excluding tert-OH is 1. The first kappa shape index (κ1) is 12.8. The van der Waals surface area contributed by atoms with Gasteiger partial charge in [-0.2, -0.15) is 0 Å². The third kappa shape index (κ3) is 3.42. The summed E-state index contributed by atoms with van der Waals surface area (Å²) in [5.41, 5.74) is 2.71. The zero-order valence-corrected chi connectivity index (χ0v) is 10.5. The Morgan fingerprint density at radius 3 is 3.12 bits per heavy atom. The van der Waals surface area contributed by atoms with Gasteiger partial charge in [0.1, 0.15) is 0 Å². The SMILES string of the molecule is OCCOCCNC1CCc2cc(Cl)ccc21. The lowest BCUT2D eigenvalue weighted by atomic mass is 10.1. The van der Waals surface area contributed by atoms with Gasteiger partial charge in [-0.1, -0.05) is 17.7 Å². The number of benzene rings is 1. The quantitative estimate of drug-likeness (QED) is 0.764. The summed E-state index contributed by atoms with van der Waals surface area (Å²) >= 11 is 5.97.